The molecule has 0 aliphatic rings. The Bertz CT molecular complexity index is 1920. The van der Waals surface area contributed by atoms with Crippen molar-refractivity contribution >= 4 is 43.3 Å². The van der Waals surface area contributed by atoms with E-state index < -0.39 is 21.7 Å². The van der Waals surface area contributed by atoms with Crippen LogP contribution in [-0.2, 0) is 23.2 Å². The number of amides is 1. The third-order valence-electron chi connectivity index (χ3n) is 7.05. The lowest BCUT2D eigenvalue weighted by Gasteiger charge is -2.21. The van der Waals surface area contributed by atoms with E-state index in [1.165, 1.54) is 30.8 Å². The summed E-state index contributed by atoms with van der Waals surface area (Å²) in [6.45, 7) is 0.0999. The van der Waals surface area contributed by atoms with Crippen LogP contribution in [0.1, 0.15) is 21.5 Å². The number of halogens is 1. The minimum atomic E-state index is -3.73. The standard InChI is InChI=1S/C30H29FN4O6S/c1-32-29(36)23-14-20(31)10-9-19(23)15-35-16-24-25(30(35)37)28(41-17-18-7-11-21(40-3)12-8-18)26-22(6-5-13-33-26)27(24)34(2)42(4,38)39/h5-14,16,37H,15,17H2,1-4H3,(H,32,36). The highest BCUT2D eigenvalue weighted by molar-refractivity contribution is 7.92. The number of ether oxygens (including phenoxy) is 2. The first-order chi connectivity index (χ1) is 20.0. The molecule has 218 valence electrons. The summed E-state index contributed by atoms with van der Waals surface area (Å²) >= 11 is 0. The van der Waals surface area contributed by atoms with E-state index in [1.54, 1.807) is 43.8 Å². The molecular weight excluding hydrogens is 563 g/mol. The van der Waals surface area contributed by atoms with Crippen molar-refractivity contribution in [2.24, 2.45) is 0 Å². The lowest BCUT2D eigenvalue weighted by molar-refractivity contribution is 0.0961. The zero-order valence-corrected chi connectivity index (χ0v) is 24.2. The van der Waals surface area contributed by atoms with Crippen molar-refractivity contribution in [3.63, 3.8) is 0 Å². The number of carbonyl (C=O) groups is 1. The van der Waals surface area contributed by atoms with E-state index in [9.17, 15) is 22.7 Å². The van der Waals surface area contributed by atoms with Crippen molar-refractivity contribution < 1.29 is 32.2 Å². The molecule has 0 radical (unpaired) electrons. The molecule has 0 spiro atoms. The largest absolute Gasteiger partial charge is 0.497 e. The Morgan fingerprint density at radius 3 is 2.55 bits per heavy atom. The van der Waals surface area contributed by atoms with Crippen LogP contribution in [0.2, 0.25) is 0 Å². The summed E-state index contributed by atoms with van der Waals surface area (Å²) in [6, 6.07) is 14.5. The fourth-order valence-electron chi connectivity index (χ4n) is 4.85. The number of methoxy groups -OCH3 is 1. The first-order valence-corrected chi connectivity index (χ1v) is 14.7. The van der Waals surface area contributed by atoms with Gasteiger partial charge >= 0.3 is 0 Å². The Balaban J connectivity index is 1.74. The first-order valence-electron chi connectivity index (χ1n) is 12.9. The topological polar surface area (TPSA) is 123 Å². The van der Waals surface area contributed by atoms with E-state index in [0.29, 0.717) is 33.3 Å². The molecule has 2 heterocycles. The Labute approximate surface area is 242 Å². The maximum absolute atomic E-state index is 14.0. The van der Waals surface area contributed by atoms with Gasteiger partial charge in [-0.15, -0.1) is 0 Å². The zero-order chi connectivity index (χ0) is 30.2. The third kappa shape index (κ3) is 5.28. The molecule has 0 atom stereocenters. The minimum Gasteiger partial charge on any atom is -0.497 e. The van der Waals surface area contributed by atoms with Gasteiger partial charge in [-0.3, -0.25) is 14.1 Å². The van der Waals surface area contributed by atoms with Crippen molar-refractivity contribution in [1.82, 2.24) is 14.9 Å². The van der Waals surface area contributed by atoms with Crippen LogP contribution >= 0.6 is 0 Å². The second kappa shape index (κ2) is 11.2. The molecule has 5 aromatic rings. The highest BCUT2D eigenvalue weighted by Crippen LogP contribution is 2.47. The van der Waals surface area contributed by atoms with Crippen LogP contribution in [0, 0.1) is 5.82 Å². The number of anilines is 1. The number of sulfonamides is 1. The summed E-state index contributed by atoms with van der Waals surface area (Å²) in [5, 5.41) is 15.2. The summed E-state index contributed by atoms with van der Waals surface area (Å²) in [5.74, 6) is -0.367. The van der Waals surface area contributed by atoms with Crippen molar-refractivity contribution in [3.05, 3.63) is 89.5 Å². The van der Waals surface area contributed by atoms with Gasteiger partial charge < -0.3 is 24.5 Å². The van der Waals surface area contributed by atoms with Crippen LogP contribution < -0.4 is 19.1 Å². The molecule has 1 amide bonds. The number of hydrogen-bond acceptors (Lipinski definition) is 7. The fourth-order valence-corrected chi connectivity index (χ4v) is 5.38. The summed E-state index contributed by atoms with van der Waals surface area (Å²) in [7, 11) is 0.705. The second-order valence-electron chi connectivity index (χ2n) is 9.69. The molecule has 0 bridgehead atoms. The maximum Gasteiger partial charge on any atom is 0.251 e. The molecule has 5 rings (SSSR count). The Morgan fingerprint density at radius 2 is 1.88 bits per heavy atom. The van der Waals surface area contributed by atoms with Crippen molar-refractivity contribution in [2.75, 3.05) is 31.8 Å². The molecule has 3 aromatic carbocycles. The van der Waals surface area contributed by atoms with Crippen LogP contribution in [0.5, 0.6) is 17.4 Å². The van der Waals surface area contributed by atoms with Crippen molar-refractivity contribution in [1.29, 1.82) is 0 Å². The van der Waals surface area contributed by atoms with Gasteiger partial charge in [0, 0.05) is 42.8 Å². The summed E-state index contributed by atoms with van der Waals surface area (Å²) in [5.41, 5.74) is 2.02. The van der Waals surface area contributed by atoms with Crippen molar-refractivity contribution in [2.45, 2.75) is 13.2 Å². The molecule has 0 aliphatic heterocycles. The number of fused-ring (bicyclic) bond motifs is 2. The molecular formula is C30H29FN4O6S. The van der Waals surface area contributed by atoms with E-state index in [4.69, 9.17) is 9.47 Å². The maximum atomic E-state index is 14.0. The number of hydrogen-bond donors (Lipinski definition) is 2. The van der Waals surface area contributed by atoms with E-state index in [1.807, 2.05) is 12.1 Å². The molecule has 0 saturated carbocycles. The molecule has 0 aliphatic carbocycles. The lowest BCUT2D eigenvalue weighted by Crippen LogP contribution is -2.25. The van der Waals surface area contributed by atoms with Crippen LogP contribution in [0.25, 0.3) is 21.7 Å². The van der Waals surface area contributed by atoms with Gasteiger partial charge in [0.15, 0.2) is 5.75 Å². The van der Waals surface area contributed by atoms with E-state index in [2.05, 4.69) is 10.3 Å². The predicted molar refractivity (Wildman–Crippen MR) is 158 cm³/mol. The van der Waals surface area contributed by atoms with E-state index in [0.717, 1.165) is 22.2 Å². The molecule has 0 fully saturated rings. The molecule has 10 nitrogen and oxygen atoms in total. The number of rotatable bonds is 9. The molecule has 42 heavy (non-hydrogen) atoms. The van der Waals surface area contributed by atoms with Gasteiger partial charge in [-0.1, -0.05) is 18.2 Å². The van der Waals surface area contributed by atoms with Crippen molar-refractivity contribution in [3.8, 4) is 17.4 Å². The van der Waals surface area contributed by atoms with E-state index in [-0.39, 0.29) is 35.7 Å². The molecule has 2 aromatic heterocycles. The Morgan fingerprint density at radius 1 is 1.14 bits per heavy atom. The number of aromatic nitrogens is 2. The van der Waals surface area contributed by atoms with Crippen LogP contribution in [-0.4, -0.2) is 56.4 Å². The SMILES string of the molecule is CNC(=O)c1cc(F)ccc1Cn1cc2c(N(C)S(C)(=O)=O)c3cccnc3c(OCc3ccc(OC)cc3)c2c1O. The molecule has 2 N–H and O–H groups in total. The summed E-state index contributed by atoms with van der Waals surface area (Å²) in [4.78, 5) is 17.0. The normalized spacial score (nSPS) is 11.5. The number of pyridine rings is 1. The highest BCUT2D eigenvalue weighted by atomic mass is 32.2. The first kappa shape index (κ1) is 28.7. The third-order valence-corrected chi connectivity index (χ3v) is 8.23. The van der Waals surface area contributed by atoms with Gasteiger partial charge in [-0.05, 0) is 47.5 Å². The van der Waals surface area contributed by atoms with Crippen LogP contribution in [0.3, 0.4) is 0 Å². The summed E-state index contributed by atoms with van der Waals surface area (Å²) < 4.78 is 53.6. The van der Waals surface area contributed by atoms with Gasteiger partial charge in [0.25, 0.3) is 5.91 Å². The van der Waals surface area contributed by atoms with Gasteiger partial charge in [0.05, 0.1) is 31.0 Å². The second-order valence-corrected chi connectivity index (χ2v) is 11.7. The zero-order valence-electron chi connectivity index (χ0n) is 23.4. The van der Waals surface area contributed by atoms with Crippen LogP contribution in [0.4, 0.5) is 10.1 Å². The van der Waals surface area contributed by atoms with Gasteiger partial charge in [-0.25, -0.2) is 12.8 Å². The smallest absolute Gasteiger partial charge is 0.251 e. The van der Waals surface area contributed by atoms with E-state index >= 15 is 0 Å². The highest BCUT2D eigenvalue weighted by Gasteiger charge is 2.27. The fraction of sp³-hybridized carbons (Fsp3) is 0.200. The molecule has 0 saturated heterocycles. The number of nitrogens with one attached hydrogen (secondary N) is 1. The number of nitrogens with zero attached hydrogens (tertiary/aromatic N) is 3. The monoisotopic (exact) mass is 592 g/mol. The molecule has 0 unspecified atom stereocenters. The number of carbonyl (C=O) groups excluding carboxylic acids is 1. The Hall–Kier alpha value is -4.84. The average molecular weight is 593 g/mol. The lowest BCUT2D eigenvalue weighted by atomic mass is 10.1. The Kier molecular flexibility index (Phi) is 7.65. The predicted octanol–water partition coefficient (Wildman–Crippen LogP) is 4.43. The quantitative estimate of drug-likeness (QED) is 0.260. The van der Waals surface area contributed by atoms with Gasteiger partial charge in [0.1, 0.15) is 23.7 Å². The number of benzene rings is 3. The summed E-state index contributed by atoms with van der Waals surface area (Å²) in [6.07, 6.45) is 4.23. The van der Waals surface area contributed by atoms with Gasteiger partial charge in [-0.2, -0.15) is 0 Å². The van der Waals surface area contributed by atoms with Gasteiger partial charge in [0.2, 0.25) is 15.9 Å². The average Bonchev–Trinajstić information content (AvgIpc) is 3.30. The minimum absolute atomic E-state index is 0.0206. The number of aromatic hydroxyl groups is 1. The van der Waals surface area contributed by atoms with Crippen LogP contribution in [0.15, 0.2) is 67.0 Å². The molecule has 12 heteroatoms.